The van der Waals surface area contributed by atoms with Gasteiger partial charge in [-0.3, -0.25) is 19.6 Å². The van der Waals surface area contributed by atoms with Crippen LogP contribution < -0.4 is 16.1 Å². The third kappa shape index (κ3) is 6.50. The van der Waals surface area contributed by atoms with Gasteiger partial charge in [0.25, 0.3) is 5.91 Å². The van der Waals surface area contributed by atoms with Crippen molar-refractivity contribution in [2.45, 2.75) is 19.4 Å². The van der Waals surface area contributed by atoms with E-state index in [1.54, 1.807) is 0 Å². The van der Waals surface area contributed by atoms with Gasteiger partial charge in [-0.25, -0.2) is 5.48 Å². The first-order valence-corrected chi connectivity index (χ1v) is 6.12. The van der Waals surface area contributed by atoms with Crippen LogP contribution in [0.3, 0.4) is 0 Å². The summed E-state index contributed by atoms with van der Waals surface area (Å²) in [4.78, 5) is 33.5. The highest BCUT2D eigenvalue weighted by Crippen LogP contribution is 1.98. The molecule has 0 aliphatic rings. The highest BCUT2D eigenvalue weighted by atomic mass is 16.5. The molecule has 0 aromatic heterocycles. The van der Waals surface area contributed by atoms with E-state index in [0.717, 1.165) is 5.56 Å². The number of hydrogen-bond donors (Lipinski definition) is 4. The zero-order chi connectivity index (χ0) is 14.8. The molecule has 0 saturated carbocycles. The van der Waals surface area contributed by atoms with E-state index in [4.69, 9.17) is 5.21 Å². The Hall–Kier alpha value is -2.41. The molecule has 7 heteroatoms. The number of hydroxylamine groups is 1. The summed E-state index contributed by atoms with van der Waals surface area (Å²) >= 11 is 0. The van der Waals surface area contributed by atoms with Crippen LogP contribution in [0, 0.1) is 0 Å². The molecule has 0 saturated heterocycles. The number of carbonyl (C=O) groups is 3. The maximum Gasteiger partial charge on any atom is 0.262 e. The molecule has 1 aromatic carbocycles. The Morgan fingerprint density at radius 3 is 2.10 bits per heavy atom. The molecular weight excluding hydrogens is 262 g/mol. The third-order valence-electron chi connectivity index (χ3n) is 2.48. The largest absolute Gasteiger partial charge is 0.352 e. The monoisotopic (exact) mass is 279 g/mol. The smallest absolute Gasteiger partial charge is 0.262 e. The van der Waals surface area contributed by atoms with Crippen LogP contribution in [0.25, 0.3) is 0 Å². The van der Waals surface area contributed by atoms with E-state index in [1.165, 1.54) is 5.48 Å². The van der Waals surface area contributed by atoms with Crippen molar-refractivity contribution in [2.24, 2.45) is 0 Å². The predicted octanol–water partition coefficient (Wildman–Crippen LogP) is -0.295. The average molecular weight is 279 g/mol. The summed E-state index contributed by atoms with van der Waals surface area (Å²) < 4.78 is 0. The first-order chi connectivity index (χ1) is 9.61. The molecule has 0 spiro atoms. The van der Waals surface area contributed by atoms with E-state index in [9.17, 15) is 14.4 Å². The van der Waals surface area contributed by atoms with Gasteiger partial charge in [-0.2, -0.15) is 0 Å². The fraction of sp³-hybridized carbons (Fsp3) is 0.308. The van der Waals surface area contributed by atoms with Crippen molar-refractivity contribution in [3.63, 3.8) is 0 Å². The molecule has 4 N–H and O–H groups in total. The van der Waals surface area contributed by atoms with Crippen molar-refractivity contribution in [3.8, 4) is 0 Å². The second kappa shape index (κ2) is 8.65. The minimum absolute atomic E-state index is 0.0146. The van der Waals surface area contributed by atoms with E-state index >= 15 is 0 Å². The van der Waals surface area contributed by atoms with E-state index in [-0.39, 0.29) is 25.3 Å². The number of nitrogens with one attached hydrogen (secondary N) is 3. The first kappa shape index (κ1) is 15.6. The van der Waals surface area contributed by atoms with E-state index in [1.807, 2.05) is 30.3 Å². The van der Waals surface area contributed by atoms with Crippen LogP contribution in [-0.2, 0) is 20.9 Å². The van der Waals surface area contributed by atoms with Gasteiger partial charge in [-0.05, 0) is 5.56 Å². The molecule has 108 valence electrons. The van der Waals surface area contributed by atoms with Gasteiger partial charge in [0.05, 0.1) is 6.54 Å². The highest BCUT2D eigenvalue weighted by molar-refractivity contribution is 5.86. The lowest BCUT2D eigenvalue weighted by molar-refractivity contribution is -0.131. The van der Waals surface area contributed by atoms with Gasteiger partial charge in [0.15, 0.2) is 0 Å². The van der Waals surface area contributed by atoms with Gasteiger partial charge in [0.2, 0.25) is 11.8 Å². The van der Waals surface area contributed by atoms with Crippen LogP contribution in [0.15, 0.2) is 30.3 Å². The van der Waals surface area contributed by atoms with Crippen LogP contribution in [0.4, 0.5) is 0 Å². The lowest BCUT2D eigenvalue weighted by Crippen LogP contribution is -2.36. The van der Waals surface area contributed by atoms with Crippen LogP contribution in [0.5, 0.6) is 0 Å². The van der Waals surface area contributed by atoms with Crippen molar-refractivity contribution in [1.29, 1.82) is 0 Å². The first-order valence-electron chi connectivity index (χ1n) is 6.12. The second-order valence-electron chi connectivity index (χ2n) is 4.07. The number of amides is 3. The molecule has 0 heterocycles. The predicted molar refractivity (Wildman–Crippen MR) is 70.5 cm³/mol. The average Bonchev–Trinajstić information content (AvgIpc) is 2.49. The van der Waals surface area contributed by atoms with Gasteiger partial charge in [0, 0.05) is 19.4 Å². The molecule has 1 aromatic rings. The van der Waals surface area contributed by atoms with Crippen LogP contribution in [0.2, 0.25) is 0 Å². The molecule has 0 unspecified atom stereocenters. The molecule has 7 nitrogen and oxygen atoms in total. The van der Waals surface area contributed by atoms with Crippen molar-refractivity contribution < 1.29 is 19.6 Å². The summed E-state index contributed by atoms with van der Waals surface area (Å²) in [7, 11) is 0. The molecular formula is C13H17N3O4. The van der Waals surface area contributed by atoms with Crippen molar-refractivity contribution in [2.75, 3.05) is 6.54 Å². The fourth-order valence-corrected chi connectivity index (χ4v) is 1.42. The van der Waals surface area contributed by atoms with Crippen LogP contribution >= 0.6 is 0 Å². The maximum absolute atomic E-state index is 11.5. The van der Waals surface area contributed by atoms with Gasteiger partial charge < -0.3 is 10.6 Å². The molecule has 0 atom stereocenters. The number of rotatable bonds is 7. The Bertz CT molecular complexity index is 462. The molecule has 0 bridgehead atoms. The Labute approximate surface area is 116 Å². The van der Waals surface area contributed by atoms with E-state index < -0.39 is 11.8 Å². The summed E-state index contributed by atoms with van der Waals surface area (Å²) in [5.74, 6) is -1.38. The fourth-order valence-electron chi connectivity index (χ4n) is 1.42. The number of benzene rings is 1. The van der Waals surface area contributed by atoms with Crippen molar-refractivity contribution in [3.05, 3.63) is 35.9 Å². The molecule has 0 fully saturated rings. The molecule has 0 radical (unpaired) electrons. The summed E-state index contributed by atoms with van der Waals surface area (Å²) in [6, 6.07) is 9.42. The summed E-state index contributed by atoms with van der Waals surface area (Å²) in [6.45, 7) is 0.0924. The van der Waals surface area contributed by atoms with Crippen LogP contribution in [-0.4, -0.2) is 29.5 Å². The lowest BCUT2D eigenvalue weighted by atomic mass is 10.2. The second-order valence-corrected chi connectivity index (χ2v) is 4.07. The number of hydrogen-bond acceptors (Lipinski definition) is 4. The minimum Gasteiger partial charge on any atom is -0.352 e. The Morgan fingerprint density at radius 1 is 0.900 bits per heavy atom. The van der Waals surface area contributed by atoms with E-state index in [0.29, 0.717) is 6.54 Å². The molecule has 0 aliphatic carbocycles. The summed E-state index contributed by atoms with van der Waals surface area (Å²) in [5.41, 5.74) is 2.37. The Morgan fingerprint density at radius 2 is 1.50 bits per heavy atom. The summed E-state index contributed by atoms with van der Waals surface area (Å²) in [5, 5.41) is 13.2. The van der Waals surface area contributed by atoms with Gasteiger partial charge in [-0.1, -0.05) is 30.3 Å². The molecule has 0 aliphatic heterocycles. The topological polar surface area (TPSA) is 108 Å². The summed E-state index contributed by atoms with van der Waals surface area (Å²) in [6.07, 6.45) is 0.0265. The third-order valence-corrected chi connectivity index (χ3v) is 2.48. The highest BCUT2D eigenvalue weighted by Gasteiger charge is 2.08. The molecule has 1 rings (SSSR count). The van der Waals surface area contributed by atoms with Gasteiger partial charge in [-0.15, -0.1) is 0 Å². The van der Waals surface area contributed by atoms with Crippen LogP contribution in [0.1, 0.15) is 18.4 Å². The quantitative estimate of drug-likeness (QED) is 0.406. The zero-order valence-corrected chi connectivity index (χ0v) is 10.9. The number of carbonyl (C=O) groups excluding carboxylic acids is 3. The SMILES string of the molecule is O=C(CNC(=O)CCC(=O)NCc1ccccc1)NO. The standard InChI is InChI=1S/C13H17N3O4/c17-11(14-8-10-4-2-1-3-5-10)6-7-12(18)15-9-13(19)16-20/h1-5,20H,6-9H2,(H,14,17)(H,15,18)(H,16,19). The molecule has 20 heavy (non-hydrogen) atoms. The maximum atomic E-state index is 11.5. The zero-order valence-electron chi connectivity index (χ0n) is 10.9. The van der Waals surface area contributed by atoms with Crippen molar-refractivity contribution in [1.82, 2.24) is 16.1 Å². The van der Waals surface area contributed by atoms with Gasteiger partial charge >= 0.3 is 0 Å². The Balaban J connectivity index is 2.16. The molecule has 3 amide bonds. The minimum atomic E-state index is -0.716. The lowest BCUT2D eigenvalue weighted by Gasteiger charge is -2.06. The van der Waals surface area contributed by atoms with E-state index in [2.05, 4.69) is 10.6 Å². The van der Waals surface area contributed by atoms with Gasteiger partial charge in [0.1, 0.15) is 0 Å². The Kier molecular flexibility index (Phi) is 6.77. The van der Waals surface area contributed by atoms with Crippen molar-refractivity contribution >= 4 is 17.7 Å². The normalized spacial score (nSPS) is 9.65.